The molecule has 1 amide bonds. The van der Waals surface area contributed by atoms with Gasteiger partial charge in [0.2, 0.25) is 0 Å². The third kappa shape index (κ3) is 8.16. The van der Waals surface area contributed by atoms with Gasteiger partial charge in [-0.2, -0.15) is 25.3 Å². The zero-order chi connectivity index (χ0) is 12.6. The molecular formula is C11H23NO2S2. The fraction of sp³-hybridized carbons (Fsp3) is 0.909. The Morgan fingerprint density at radius 1 is 1.12 bits per heavy atom. The van der Waals surface area contributed by atoms with Crippen LogP contribution in [0.2, 0.25) is 0 Å². The van der Waals surface area contributed by atoms with E-state index in [0.29, 0.717) is 13.1 Å². The second-order valence-corrected chi connectivity index (χ2v) is 5.52. The van der Waals surface area contributed by atoms with Crippen molar-refractivity contribution in [3.8, 4) is 0 Å². The number of ether oxygens (including phenoxy) is 1. The lowest BCUT2D eigenvalue weighted by Crippen LogP contribution is -2.38. The Labute approximate surface area is 110 Å². The number of nitrogens with zero attached hydrogens (tertiary/aromatic N) is 1. The highest BCUT2D eigenvalue weighted by Crippen LogP contribution is 2.10. The molecule has 0 saturated carbocycles. The molecule has 16 heavy (non-hydrogen) atoms. The maximum Gasteiger partial charge on any atom is 0.410 e. The fourth-order valence-electron chi connectivity index (χ4n) is 1.14. The Bertz CT molecular complexity index is 197. The summed E-state index contributed by atoms with van der Waals surface area (Å²) in [6, 6.07) is 0. The number of hydrogen-bond acceptors (Lipinski definition) is 4. The van der Waals surface area contributed by atoms with Crippen LogP contribution in [-0.2, 0) is 4.74 Å². The Morgan fingerprint density at radius 2 is 1.56 bits per heavy atom. The largest absolute Gasteiger partial charge is 0.444 e. The predicted octanol–water partition coefficient (Wildman–Crippen LogP) is 2.86. The number of rotatable bonds is 6. The van der Waals surface area contributed by atoms with Crippen molar-refractivity contribution in [2.45, 2.75) is 39.2 Å². The van der Waals surface area contributed by atoms with Gasteiger partial charge < -0.3 is 9.64 Å². The summed E-state index contributed by atoms with van der Waals surface area (Å²) >= 11 is 8.29. The SMILES string of the molecule is CC(C)(C)OC(=O)N(CCCS)CCCS. The van der Waals surface area contributed by atoms with Gasteiger partial charge in [0.1, 0.15) is 5.60 Å². The molecular weight excluding hydrogens is 242 g/mol. The quantitative estimate of drug-likeness (QED) is 0.723. The molecule has 0 bridgehead atoms. The summed E-state index contributed by atoms with van der Waals surface area (Å²) in [5.41, 5.74) is -0.433. The van der Waals surface area contributed by atoms with Crippen molar-refractivity contribution in [2.24, 2.45) is 0 Å². The van der Waals surface area contributed by atoms with Crippen molar-refractivity contribution in [1.82, 2.24) is 4.90 Å². The van der Waals surface area contributed by atoms with Crippen LogP contribution >= 0.6 is 25.3 Å². The molecule has 0 rings (SSSR count). The highest BCUT2D eigenvalue weighted by atomic mass is 32.1. The highest BCUT2D eigenvalue weighted by Gasteiger charge is 2.21. The van der Waals surface area contributed by atoms with Gasteiger partial charge in [0.05, 0.1) is 0 Å². The first-order valence-electron chi connectivity index (χ1n) is 5.60. The van der Waals surface area contributed by atoms with E-state index in [2.05, 4.69) is 25.3 Å². The number of carbonyl (C=O) groups excluding carboxylic acids is 1. The molecule has 0 N–H and O–H groups in total. The van der Waals surface area contributed by atoms with Crippen LogP contribution in [0.5, 0.6) is 0 Å². The van der Waals surface area contributed by atoms with E-state index in [9.17, 15) is 4.79 Å². The molecule has 96 valence electrons. The van der Waals surface area contributed by atoms with Gasteiger partial charge >= 0.3 is 6.09 Å². The van der Waals surface area contributed by atoms with Crippen LogP contribution in [0.1, 0.15) is 33.6 Å². The van der Waals surface area contributed by atoms with E-state index < -0.39 is 5.60 Å². The van der Waals surface area contributed by atoms with Gasteiger partial charge in [0.25, 0.3) is 0 Å². The summed E-state index contributed by atoms with van der Waals surface area (Å²) in [4.78, 5) is 13.6. The van der Waals surface area contributed by atoms with Gasteiger partial charge in [0.15, 0.2) is 0 Å². The Morgan fingerprint density at radius 3 is 1.88 bits per heavy atom. The average Bonchev–Trinajstić information content (AvgIpc) is 2.15. The maximum absolute atomic E-state index is 11.8. The molecule has 3 nitrogen and oxygen atoms in total. The molecule has 0 atom stereocenters. The average molecular weight is 265 g/mol. The number of carbonyl (C=O) groups is 1. The standard InChI is InChI=1S/C11H23NO2S2/c1-11(2,3)14-10(13)12(6-4-8-15)7-5-9-16/h15-16H,4-9H2,1-3H3. The van der Waals surface area contributed by atoms with Crippen LogP contribution in [0.3, 0.4) is 0 Å². The number of thiol groups is 2. The lowest BCUT2D eigenvalue weighted by atomic mass is 10.2. The van der Waals surface area contributed by atoms with Crippen molar-refractivity contribution in [1.29, 1.82) is 0 Å². The van der Waals surface area contributed by atoms with E-state index >= 15 is 0 Å². The summed E-state index contributed by atoms with van der Waals surface area (Å²) in [7, 11) is 0. The van der Waals surface area contributed by atoms with Crippen molar-refractivity contribution in [3.63, 3.8) is 0 Å². The van der Waals surface area contributed by atoms with E-state index in [0.717, 1.165) is 24.3 Å². The predicted molar refractivity (Wildman–Crippen MR) is 74.7 cm³/mol. The van der Waals surface area contributed by atoms with Crippen LogP contribution in [-0.4, -0.2) is 41.2 Å². The molecule has 5 heteroatoms. The maximum atomic E-state index is 11.8. The van der Waals surface area contributed by atoms with Crippen LogP contribution in [0.25, 0.3) is 0 Å². The lowest BCUT2D eigenvalue weighted by molar-refractivity contribution is 0.0251. The smallest absolute Gasteiger partial charge is 0.410 e. The molecule has 0 aromatic carbocycles. The van der Waals surface area contributed by atoms with Crippen LogP contribution < -0.4 is 0 Å². The van der Waals surface area contributed by atoms with E-state index in [1.807, 2.05) is 20.8 Å². The van der Waals surface area contributed by atoms with Crippen molar-refractivity contribution >= 4 is 31.4 Å². The Kier molecular flexibility index (Phi) is 8.10. The van der Waals surface area contributed by atoms with Crippen LogP contribution in [0.4, 0.5) is 4.79 Å². The first-order valence-corrected chi connectivity index (χ1v) is 6.87. The molecule has 0 heterocycles. The molecule has 0 aliphatic heterocycles. The zero-order valence-corrected chi connectivity index (χ0v) is 12.2. The van der Waals surface area contributed by atoms with Crippen molar-refractivity contribution in [2.75, 3.05) is 24.6 Å². The van der Waals surface area contributed by atoms with Crippen molar-refractivity contribution < 1.29 is 9.53 Å². The Balaban J connectivity index is 4.19. The molecule has 0 aliphatic rings. The Hall–Kier alpha value is -0.0300. The van der Waals surface area contributed by atoms with Crippen molar-refractivity contribution in [3.05, 3.63) is 0 Å². The molecule has 0 aromatic heterocycles. The molecule has 0 saturated heterocycles. The normalized spacial score (nSPS) is 11.3. The van der Waals surface area contributed by atoms with E-state index in [1.165, 1.54) is 0 Å². The van der Waals surface area contributed by atoms with Gasteiger partial charge in [-0.1, -0.05) is 0 Å². The summed E-state index contributed by atoms with van der Waals surface area (Å²) in [6.07, 6.45) is 1.53. The molecule has 0 radical (unpaired) electrons. The van der Waals surface area contributed by atoms with Crippen LogP contribution in [0, 0.1) is 0 Å². The minimum atomic E-state index is -0.433. The second-order valence-electron chi connectivity index (χ2n) is 4.62. The van der Waals surface area contributed by atoms with Gasteiger partial charge in [0, 0.05) is 13.1 Å². The summed E-state index contributed by atoms with van der Waals surface area (Å²) < 4.78 is 5.33. The van der Waals surface area contributed by atoms with Gasteiger partial charge in [-0.05, 0) is 45.1 Å². The summed E-state index contributed by atoms with van der Waals surface area (Å²) in [5.74, 6) is 1.56. The first-order chi connectivity index (χ1) is 7.40. The first kappa shape index (κ1) is 16.0. The van der Waals surface area contributed by atoms with Crippen LogP contribution in [0.15, 0.2) is 0 Å². The lowest BCUT2D eigenvalue weighted by Gasteiger charge is -2.27. The molecule has 0 fully saturated rings. The minimum Gasteiger partial charge on any atom is -0.444 e. The molecule has 0 aliphatic carbocycles. The third-order valence-corrected chi connectivity index (χ3v) is 2.46. The zero-order valence-electron chi connectivity index (χ0n) is 10.4. The van der Waals surface area contributed by atoms with E-state index in [4.69, 9.17) is 4.74 Å². The highest BCUT2D eigenvalue weighted by molar-refractivity contribution is 7.80. The fourth-order valence-corrected chi connectivity index (χ4v) is 1.43. The van der Waals surface area contributed by atoms with Gasteiger partial charge in [-0.25, -0.2) is 4.79 Å². The molecule has 0 spiro atoms. The monoisotopic (exact) mass is 265 g/mol. The van der Waals surface area contributed by atoms with E-state index in [1.54, 1.807) is 4.90 Å². The van der Waals surface area contributed by atoms with E-state index in [-0.39, 0.29) is 6.09 Å². The summed E-state index contributed by atoms with van der Waals surface area (Å²) in [6.45, 7) is 7.03. The summed E-state index contributed by atoms with van der Waals surface area (Å²) in [5, 5.41) is 0. The number of hydrogen-bond donors (Lipinski definition) is 2. The third-order valence-electron chi connectivity index (χ3n) is 1.82. The second kappa shape index (κ2) is 8.12. The molecule has 0 unspecified atom stereocenters. The topological polar surface area (TPSA) is 29.5 Å². The minimum absolute atomic E-state index is 0.240. The van der Waals surface area contributed by atoms with Gasteiger partial charge in [-0.15, -0.1) is 0 Å². The number of amides is 1. The molecule has 0 aromatic rings. The van der Waals surface area contributed by atoms with Gasteiger partial charge in [-0.3, -0.25) is 0 Å².